The van der Waals surface area contributed by atoms with E-state index in [2.05, 4.69) is 54.5 Å². The SMILES string of the molecule is CC(=O)[C@H](Cc1ccc(O[Si](C)(C)C(C)(C)C)cc1)NC(=O)[C@H](Cc1ccc2ccccc2c1)NC(=O)[C@@H]1C[C@H](N=[N+]=[N-])CN1C(=O)[C@@H](C)C(C)(C)C. The van der Waals surface area contributed by atoms with Crippen molar-refractivity contribution in [3.8, 4) is 5.75 Å². The van der Waals surface area contributed by atoms with E-state index in [4.69, 9.17) is 9.96 Å². The van der Waals surface area contributed by atoms with Crippen LogP contribution in [-0.4, -0.2) is 67.4 Å². The minimum Gasteiger partial charge on any atom is -0.544 e. The molecule has 0 radical (unpaired) electrons. The van der Waals surface area contributed by atoms with Gasteiger partial charge in [0.25, 0.3) is 0 Å². The highest BCUT2D eigenvalue weighted by Gasteiger charge is 2.44. The van der Waals surface area contributed by atoms with Gasteiger partial charge >= 0.3 is 0 Å². The van der Waals surface area contributed by atoms with Crippen LogP contribution >= 0.6 is 0 Å². The summed E-state index contributed by atoms with van der Waals surface area (Å²) in [5.74, 6) is -1.13. The van der Waals surface area contributed by atoms with Crippen molar-refractivity contribution >= 4 is 42.6 Å². The van der Waals surface area contributed by atoms with Gasteiger partial charge in [-0.25, -0.2) is 0 Å². The number of benzene rings is 3. The molecule has 12 heteroatoms. The number of Topliss-reactive ketones (excluding diaryl/α,β-unsaturated/α-hetero) is 1. The Labute approximate surface area is 315 Å². The molecule has 1 aliphatic heterocycles. The van der Waals surface area contributed by atoms with Crippen molar-refractivity contribution in [3.05, 3.63) is 88.3 Å². The summed E-state index contributed by atoms with van der Waals surface area (Å²) in [6.45, 7) is 20.1. The highest BCUT2D eigenvalue weighted by atomic mass is 28.4. The predicted octanol–water partition coefficient (Wildman–Crippen LogP) is 7.53. The second-order valence-electron chi connectivity index (χ2n) is 17.0. The van der Waals surface area contributed by atoms with Crippen LogP contribution in [-0.2, 0) is 32.0 Å². The van der Waals surface area contributed by atoms with Gasteiger partial charge < -0.3 is 20.0 Å². The van der Waals surface area contributed by atoms with Crippen LogP contribution < -0.4 is 15.1 Å². The smallest absolute Gasteiger partial charge is 0.250 e. The summed E-state index contributed by atoms with van der Waals surface area (Å²) < 4.78 is 6.42. The standard InChI is InChI=1S/C41H56N6O5Si/c1-26(40(3,4)5)39(51)47-25-32(45-46-42)24-36(47)38(50)44-35(23-29-15-18-30-13-11-12-14-31(30)21-29)37(49)43-34(27(2)48)22-28-16-19-33(20-17-28)52-53(9,10)41(6,7)8/h11-21,26,32,34-36H,22-25H2,1-10H3,(H,43,49)(H,44,50)/t26-,32+,34+,35+,36+/m1/s1. The van der Waals surface area contributed by atoms with Crippen molar-refractivity contribution < 1.29 is 23.6 Å². The fourth-order valence-corrected chi connectivity index (χ4v) is 7.14. The monoisotopic (exact) mass is 740 g/mol. The molecule has 2 N–H and O–H groups in total. The molecule has 53 heavy (non-hydrogen) atoms. The second-order valence-corrected chi connectivity index (χ2v) is 21.7. The van der Waals surface area contributed by atoms with E-state index >= 15 is 0 Å². The Bertz CT molecular complexity index is 1860. The average Bonchev–Trinajstić information content (AvgIpc) is 3.51. The van der Waals surface area contributed by atoms with Crippen molar-refractivity contribution in [3.63, 3.8) is 0 Å². The molecular formula is C41H56N6O5Si. The summed E-state index contributed by atoms with van der Waals surface area (Å²) in [6, 6.07) is 17.9. The van der Waals surface area contributed by atoms with E-state index in [1.165, 1.54) is 11.8 Å². The normalized spacial score (nSPS) is 18.0. The van der Waals surface area contributed by atoms with Gasteiger partial charge in [-0.3, -0.25) is 19.2 Å². The molecule has 0 unspecified atom stereocenters. The first-order chi connectivity index (χ1) is 24.7. The molecule has 0 bridgehead atoms. The van der Waals surface area contributed by atoms with Crippen molar-refractivity contribution in [1.82, 2.24) is 15.5 Å². The van der Waals surface area contributed by atoms with Crippen molar-refractivity contribution in [2.24, 2.45) is 16.4 Å². The van der Waals surface area contributed by atoms with E-state index in [0.717, 1.165) is 27.6 Å². The lowest BCUT2D eigenvalue weighted by Gasteiger charge is -2.36. The first kappa shape index (κ1) is 41.1. The predicted molar refractivity (Wildman–Crippen MR) is 212 cm³/mol. The minimum atomic E-state index is -2.04. The summed E-state index contributed by atoms with van der Waals surface area (Å²) >= 11 is 0. The van der Waals surface area contributed by atoms with E-state index in [0.29, 0.717) is 0 Å². The molecule has 1 heterocycles. The molecule has 5 atom stereocenters. The van der Waals surface area contributed by atoms with Gasteiger partial charge in [0.05, 0.1) is 12.1 Å². The fourth-order valence-electron chi connectivity index (χ4n) is 6.11. The Kier molecular flexibility index (Phi) is 12.8. The molecule has 1 fully saturated rings. The molecule has 3 amide bonds. The first-order valence-corrected chi connectivity index (χ1v) is 21.3. The van der Waals surface area contributed by atoms with Crippen LogP contribution in [0.2, 0.25) is 18.1 Å². The van der Waals surface area contributed by atoms with Gasteiger partial charge in [-0.15, -0.1) is 0 Å². The second kappa shape index (κ2) is 16.6. The molecule has 4 rings (SSSR count). The number of azide groups is 1. The van der Waals surface area contributed by atoms with Crippen LogP contribution in [0, 0.1) is 11.3 Å². The minimum absolute atomic E-state index is 0.0389. The number of hydrogen-bond donors (Lipinski definition) is 2. The Morgan fingerprint density at radius 2 is 1.51 bits per heavy atom. The Balaban J connectivity index is 1.59. The fraction of sp³-hybridized carbons (Fsp3) is 0.512. The molecule has 3 aromatic carbocycles. The van der Waals surface area contributed by atoms with E-state index in [9.17, 15) is 19.2 Å². The van der Waals surface area contributed by atoms with E-state index in [1.807, 2.05) is 94.4 Å². The number of likely N-dealkylation sites (tertiary alicyclic amines) is 1. The van der Waals surface area contributed by atoms with Gasteiger partial charge in [0, 0.05) is 23.8 Å². The highest BCUT2D eigenvalue weighted by molar-refractivity contribution is 6.74. The number of carbonyl (C=O) groups excluding carboxylic acids is 4. The number of amides is 3. The average molecular weight is 741 g/mol. The van der Waals surface area contributed by atoms with E-state index in [-0.39, 0.29) is 48.0 Å². The van der Waals surface area contributed by atoms with Crippen molar-refractivity contribution in [2.45, 2.75) is 117 Å². The largest absolute Gasteiger partial charge is 0.544 e. The van der Waals surface area contributed by atoms with E-state index < -0.39 is 50.2 Å². The van der Waals surface area contributed by atoms with Crippen LogP contribution in [0.15, 0.2) is 71.8 Å². The molecule has 0 aliphatic carbocycles. The van der Waals surface area contributed by atoms with Crippen LogP contribution in [0.25, 0.3) is 21.2 Å². The number of rotatable bonds is 13. The maximum absolute atomic E-state index is 14.2. The molecule has 1 aliphatic rings. The maximum atomic E-state index is 14.2. The lowest BCUT2D eigenvalue weighted by atomic mass is 9.81. The zero-order chi connectivity index (χ0) is 39.3. The summed E-state index contributed by atoms with van der Waals surface area (Å²) in [5.41, 5.74) is 10.5. The van der Waals surface area contributed by atoms with Gasteiger partial charge in [0.2, 0.25) is 26.0 Å². The first-order valence-electron chi connectivity index (χ1n) is 18.4. The molecule has 284 valence electrons. The van der Waals surface area contributed by atoms with Crippen molar-refractivity contribution in [2.75, 3.05) is 6.54 Å². The molecule has 0 saturated carbocycles. The molecule has 3 aromatic rings. The molecule has 11 nitrogen and oxygen atoms in total. The third kappa shape index (κ3) is 10.5. The van der Waals surface area contributed by atoms with Crippen LogP contribution in [0.1, 0.15) is 72.9 Å². The molecule has 1 saturated heterocycles. The Morgan fingerprint density at radius 3 is 2.09 bits per heavy atom. The number of carbonyl (C=O) groups is 4. The van der Waals surface area contributed by atoms with Crippen LogP contribution in [0.5, 0.6) is 5.75 Å². The van der Waals surface area contributed by atoms with Crippen molar-refractivity contribution in [1.29, 1.82) is 0 Å². The van der Waals surface area contributed by atoms with Gasteiger partial charge in [-0.2, -0.15) is 0 Å². The van der Waals surface area contributed by atoms with Crippen LogP contribution in [0.3, 0.4) is 0 Å². The summed E-state index contributed by atoms with van der Waals surface area (Å²) in [6.07, 6.45) is 0.529. The summed E-state index contributed by atoms with van der Waals surface area (Å²) in [5, 5.41) is 11.7. The van der Waals surface area contributed by atoms with E-state index in [1.54, 1.807) is 0 Å². The lowest BCUT2D eigenvalue weighted by molar-refractivity contribution is -0.144. The molecule has 0 spiro atoms. The molecular weight excluding hydrogens is 685 g/mol. The number of nitrogens with one attached hydrogen (secondary N) is 2. The summed E-state index contributed by atoms with van der Waals surface area (Å²) in [7, 11) is -2.04. The number of fused-ring (bicyclic) bond motifs is 1. The number of hydrogen-bond acceptors (Lipinski definition) is 6. The number of ketones is 1. The van der Waals surface area contributed by atoms with Crippen LogP contribution in [0.4, 0.5) is 0 Å². The summed E-state index contributed by atoms with van der Waals surface area (Å²) in [4.78, 5) is 59.3. The zero-order valence-electron chi connectivity index (χ0n) is 32.9. The quantitative estimate of drug-likeness (QED) is 0.0803. The third-order valence-corrected chi connectivity index (χ3v) is 15.3. The van der Waals surface area contributed by atoms with Gasteiger partial charge in [0.1, 0.15) is 17.8 Å². The molecule has 0 aromatic heterocycles. The Hall–Kier alpha value is -4.67. The topological polar surface area (TPSA) is 154 Å². The zero-order valence-corrected chi connectivity index (χ0v) is 33.9. The van der Waals surface area contributed by atoms with Gasteiger partial charge in [0.15, 0.2) is 5.78 Å². The third-order valence-electron chi connectivity index (χ3n) is 11.0. The Morgan fingerprint density at radius 1 is 0.906 bits per heavy atom. The number of nitrogens with zero attached hydrogens (tertiary/aromatic N) is 4. The highest BCUT2D eigenvalue weighted by Crippen LogP contribution is 2.37. The van der Waals surface area contributed by atoms with Gasteiger partial charge in [-0.1, -0.05) is 108 Å². The van der Waals surface area contributed by atoms with Gasteiger partial charge in [-0.05, 0) is 82.9 Å². The lowest BCUT2D eigenvalue weighted by Crippen LogP contribution is -2.56. The maximum Gasteiger partial charge on any atom is 0.250 e.